The van der Waals surface area contributed by atoms with Crippen molar-refractivity contribution in [2.24, 2.45) is 13.0 Å². The van der Waals surface area contributed by atoms with Crippen molar-refractivity contribution < 1.29 is 37.3 Å². The molecule has 3 unspecified atom stereocenters. The van der Waals surface area contributed by atoms with E-state index in [4.69, 9.17) is 37.5 Å². The first kappa shape index (κ1) is 58.4. The number of imidazole rings is 1. The zero-order valence-corrected chi connectivity index (χ0v) is 50.9. The zero-order chi connectivity index (χ0) is 53.6. The summed E-state index contributed by atoms with van der Waals surface area (Å²) in [5.41, 5.74) is 2.71. The molecule has 1 aromatic heterocycles. The second-order valence-electron chi connectivity index (χ2n) is 24.1. The Bertz CT molecular complexity index is 2550. The van der Waals surface area contributed by atoms with Crippen molar-refractivity contribution in [3.05, 3.63) is 127 Å². The molecular weight excluding hydrogens is 981 g/mol. The number of esters is 1. The van der Waals surface area contributed by atoms with Gasteiger partial charge in [0.05, 0.1) is 36.2 Å². The average Bonchev–Trinajstić information content (AvgIpc) is 3.85. The van der Waals surface area contributed by atoms with Gasteiger partial charge in [-0.15, -0.1) is 11.8 Å². The molecular formula is C59H86N2O8SSi3. The van der Waals surface area contributed by atoms with E-state index >= 15 is 0 Å². The first-order chi connectivity index (χ1) is 34.2. The summed E-state index contributed by atoms with van der Waals surface area (Å²) in [6, 6.07) is 34.7. The number of aromatic nitrogens is 2. The molecule has 0 bridgehead atoms. The van der Waals surface area contributed by atoms with Gasteiger partial charge in [0, 0.05) is 50.1 Å². The number of fused-ring (bicyclic) bond motifs is 1. The Morgan fingerprint density at radius 1 is 0.836 bits per heavy atom. The number of nitrogens with zero attached hydrogens (tertiary/aromatic N) is 2. The molecule has 1 aliphatic heterocycles. The van der Waals surface area contributed by atoms with Crippen LogP contribution in [0, 0.1) is 5.92 Å². The summed E-state index contributed by atoms with van der Waals surface area (Å²) in [5, 5.41) is 1.99. The Morgan fingerprint density at radius 3 is 1.97 bits per heavy atom. The Hall–Kier alpha value is -3.84. The van der Waals surface area contributed by atoms with E-state index in [9.17, 15) is 4.79 Å². The molecule has 398 valence electrons. The molecule has 0 spiro atoms. The van der Waals surface area contributed by atoms with Crippen LogP contribution in [0.15, 0.2) is 120 Å². The highest BCUT2D eigenvalue weighted by molar-refractivity contribution is 7.99. The topological polar surface area (TPSA) is 99.5 Å². The van der Waals surface area contributed by atoms with Gasteiger partial charge in [-0.05, 0) is 91.3 Å². The smallest absolute Gasteiger partial charge is 0.342 e. The second kappa shape index (κ2) is 24.0. The first-order valence-corrected chi connectivity index (χ1v) is 35.6. The number of rotatable bonds is 23. The molecule has 1 saturated heterocycles. The van der Waals surface area contributed by atoms with Gasteiger partial charge in [0.25, 0.3) is 8.32 Å². The number of carbonyl (C=O) groups excluding carboxylic acids is 1. The summed E-state index contributed by atoms with van der Waals surface area (Å²) in [6.45, 7) is 34.0. The van der Waals surface area contributed by atoms with Crippen molar-refractivity contribution >= 4 is 63.8 Å². The van der Waals surface area contributed by atoms with Gasteiger partial charge in [0.2, 0.25) is 0 Å². The molecule has 1 fully saturated rings. The molecule has 0 saturated carbocycles. The van der Waals surface area contributed by atoms with Crippen LogP contribution in [0.5, 0.6) is 5.75 Å². The van der Waals surface area contributed by atoms with Crippen LogP contribution in [0.4, 0.5) is 0 Å². The second-order valence-corrected chi connectivity index (χ2v) is 40.0. The fraction of sp³-hybridized carbons (Fsp3) is 0.525. The van der Waals surface area contributed by atoms with Crippen LogP contribution in [-0.4, -0.2) is 90.9 Å². The summed E-state index contributed by atoms with van der Waals surface area (Å²) in [6.07, 6.45) is 6.13. The maximum Gasteiger partial charge on any atom is 0.342 e. The number of carbonyl (C=O) groups is 1. The van der Waals surface area contributed by atoms with Gasteiger partial charge in [-0.1, -0.05) is 159 Å². The number of hydrogen-bond donors (Lipinski definition) is 0. The summed E-state index contributed by atoms with van der Waals surface area (Å²) >= 11 is 1.70. The highest BCUT2D eigenvalue weighted by Gasteiger charge is 2.52. The molecule has 4 aromatic carbocycles. The average molecular weight is 1070 g/mol. The molecule has 6 rings (SSSR count). The third-order valence-corrected chi connectivity index (χ3v) is 27.2. The predicted molar refractivity (Wildman–Crippen MR) is 308 cm³/mol. The van der Waals surface area contributed by atoms with Crippen LogP contribution in [0.25, 0.3) is 11.0 Å². The molecule has 0 radical (unpaired) electrons. The lowest BCUT2D eigenvalue weighted by atomic mass is 9.95. The standard InChI is InChI=1S/C59H86N2O8SSi3/c1-42(43(2)68-73(58(6,7)8,45-29-23-19-24-30-45)46-31-25-20-26-32-46)33-34-49(69-72(16,17)57(3,4)5)55-48(66-59(9,10)67-55)35-36-51(70-44-27-21-18-22-28-44)53-52(56(62)64-37-38-71(13,14)15)50(65-41-63-12)39-47-54(53)60-40-61(47)11/h18-34,39-40,42-43,48-49,51,55H,35-38,41H2,1-17H3/b34-33-/t42-,43?,48+,49?,51?,55+/m1/s1. The molecule has 0 amide bonds. The Morgan fingerprint density at radius 2 is 1.42 bits per heavy atom. The highest BCUT2D eigenvalue weighted by Crippen LogP contribution is 2.48. The van der Waals surface area contributed by atoms with Crippen molar-refractivity contribution in [3.8, 4) is 5.75 Å². The van der Waals surface area contributed by atoms with E-state index in [0.717, 1.165) is 27.5 Å². The number of benzene rings is 4. The predicted octanol–water partition coefficient (Wildman–Crippen LogP) is 13.7. The normalized spacial score (nSPS) is 18.5. The van der Waals surface area contributed by atoms with Gasteiger partial charge in [0.1, 0.15) is 17.4 Å². The summed E-state index contributed by atoms with van der Waals surface area (Å²) in [7, 11) is -3.21. The number of methoxy groups -OCH3 is 1. The van der Waals surface area contributed by atoms with E-state index in [-0.39, 0.29) is 40.2 Å². The van der Waals surface area contributed by atoms with Gasteiger partial charge in [-0.3, -0.25) is 0 Å². The van der Waals surface area contributed by atoms with Crippen LogP contribution < -0.4 is 15.1 Å². The van der Waals surface area contributed by atoms with Gasteiger partial charge in [-0.2, -0.15) is 0 Å². The summed E-state index contributed by atoms with van der Waals surface area (Å²) in [4.78, 5) is 20.7. The van der Waals surface area contributed by atoms with Crippen LogP contribution >= 0.6 is 11.8 Å². The molecule has 73 heavy (non-hydrogen) atoms. The molecule has 14 heteroatoms. The maximum atomic E-state index is 14.6. The monoisotopic (exact) mass is 1070 g/mol. The molecule has 2 heterocycles. The first-order valence-electron chi connectivity index (χ1n) is 26.2. The summed E-state index contributed by atoms with van der Waals surface area (Å²) < 4.78 is 48.9. The van der Waals surface area contributed by atoms with Gasteiger partial charge >= 0.3 is 5.97 Å². The third-order valence-electron chi connectivity index (χ3n) is 14.6. The SMILES string of the molecule is COCOc1cc2c(ncn2C)c(C(CC[C@@H]2OC(C)(C)O[C@@H]2C(/C=C\[C@@H](C)C(C)O[Si](c2ccccc2)(c2ccccc2)C(C)(C)C)O[Si](C)(C)C(C)(C)C)Sc2ccccc2)c1C(=O)OCC[Si](C)(C)C. The van der Waals surface area contributed by atoms with Crippen molar-refractivity contribution in [3.63, 3.8) is 0 Å². The van der Waals surface area contributed by atoms with E-state index in [1.165, 1.54) is 10.4 Å². The number of aryl methyl sites for hydroxylation is 1. The molecule has 0 N–H and O–H groups in total. The quantitative estimate of drug-likeness (QED) is 0.0207. The summed E-state index contributed by atoms with van der Waals surface area (Å²) in [5.74, 6) is -0.900. The van der Waals surface area contributed by atoms with E-state index in [2.05, 4.69) is 173 Å². The van der Waals surface area contributed by atoms with Gasteiger partial charge < -0.3 is 37.1 Å². The van der Waals surface area contributed by atoms with Crippen LogP contribution in [0.2, 0.25) is 48.9 Å². The van der Waals surface area contributed by atoms with E-state index in [1.54, 1.807) is 25.2 Å². The van der Waals surface area contributed by atoms with Crippen molar-refractivity contribution in [1.29, 1.82) is 0 Å². The van der Waals surface area contributed by atoms with Crippen LogP contribution in [0.1, 0.15) is 103 Å². The molecule has 5 aromatic rings. The van der Waals surface area contributed by atoms with Crippen molar-refractivity contribution in [2.45, 2.75) is 171 Å². The third kappa shape index (κ3) is 14.4. The fourth-order valence-electron chi connectivity index (χ4n) is 9.40. The van der Waals surface area contributed by atoms with Crippen LogP contribution in [0.3, 0.4) is 0 Å². The minimum Gasteiger partial charge on any atom is -0.467 e. The zero-order valence-electron chi connectivity index (χ0n) is 47.0. The minimum absolute atomic E-state index is 0.0184. The lowest BCUT2D eigenvalue weighted by Gasteiger charge is -2.45. The fourth-order valence-corrected chi connectivity index (χ4v) is 17.4. The van der Waals surface area contributed by atoms with E-state index in [0.29, 0.717) is 30.8 Å². The Labute approximate surface area is 445 Å². The van der Waals surface area contributed by atoms with Crippen molar-refractivity contribution in [2.75, 3.05) is 20.5 Å². The molecule has 0 aliphatic carbocycles. The van der Waals surface area contributed by atoms with E-state index < -0.39 is 48.7 Å². The van der Waals surface area contributed by atoms with Gasteiger partial charge in [0.15, 0.2) is 20.9 Å². The molecule has 1 aliphatic rings. The number of ether oxygens (including phenoxy) is 5. The minimum atomic E-state index is -2.83. The largest absolute Gasteiger partial charge is 0.467 e. The number of hydrogen-bond acceptors (Lipinski definition) is 10. The van der Waals surface area contributed by atoms with E-state index in [1.807, 2.05) is 49.7 Å². The Balaban J connectivity index is 1.40. The van der Waals surface area contributed by atoms with Crippen molar-refractivity contribution in [1.82, 2.24) is 9.55 Å². The Kier molecular flexibility index (Phi) is 19.2. The molecule has 6 atom stereocenters. The van der Waals surface area contributed by atoms with Crippen LogP contribution in [-0.2, 0) is 34.8 Å². The molecule has 10 nitrogen and oxygen atoms in total. The highest BCUT2D eigenvalue weighted by atomic mass is 32.2. The lowest BCUT2D eigenvalue weighted by molar-refractivity contribution is -0.152. The number of thioether (sulfide) groups is 1. The lowest BCUT2D eigenvalue weighted by Crippen LogP contribution is -2.67. The van der Waals surface area contributed by atoms with Gasteiger partial charge in [-0.25, -0.2) is 9.78 Å². The maximum absolute atomic E-state index is 14.6.